The summed E-state index contributed by atoms with van der Waals surface area (Å²) in [6.45, 7) is 2.75. The molecule has 3 heterocycles. The first-order valence-corrected chi connectivity index (χ1v) is 12.8. The minimum atomic E-state index is 0.120. The van der Waals surface area contributed by atoms with Gasteiger partial charge in [0.1, 0.15) is 0 Å². The second-order valence-electron chi connectivity index (χ2n) is 9.48. The number of hydrogen-bond acceptors (Lipinski definition) is 5. The molecule has 3 aromatic heterocycles. The molecule has 0 spiro atoms. The second-order valence-corrected chi connectivity index (χ2v) is 9.48. The monoisotopic (exact) mass is 471 g/mol. The van der Waals surface area contributed by atoms with Crippen molar-refractivity contribution >= 4 is 0 Å². The first kappa shape index (κ1) is 23.2. The van der Waals surface area contributed by atoms with Crippen molar-refractivity contribution in [2.45, 2.75) is 77.3 Å². The Bertz CT molecular complexity index is 1280. The fraction of sp³-hybridized carbons (Fsp3) is 0.444. The Morgan fingerprint density at radius 1 is 1.03 bits per heavy atom. The topological polar surface area (TPSA) is 94.3 Å². The van der Waals surface area contributed by atoms with Gasteiger partial charge in [-0.1, -0.05) is 69.4 Å². The fourth-order valence-electron chi connectivity index (χ4n) is 5.13. The highest BCUT2D eigenvalue weighted by Crippen LogP contribution is 2.29. The average Bonchev–Trinajstić information content (AvgIpc) is 3.55. The Labute approximate surface area is 205 Å². The van der Waals surface area contributed by atoms with Gasteiger partial charge < -0.3 is 0 Å². The van der Waals surface area contributed by atoms with Crippen LogP contribution in [-0.2, 0) is 13.0 Å². The number of aryl methyl sites for hydroxylation is 1. The fourth-order valence-corrected chi connectivity index (χ4v) is 5.13. The molecule has 0 unspecified atom stereocenters. The molecule has 1 saturated carbocycles. The molecule has 1 aromatic carbocycles. The lowest BCUT2D eigenvalue weighted by atomic mass is 9.95. The minimum Gasteiger partial charge on any atom is -0.296 e. The molecule has 0 atom stereocenters. The molecule has 8 nitrogen and oxygen atoms in total. The minimum absolute atomic E-state index is 0.120. The van der Waals surface area contributed by atoms with Gasteiger partial charge in [0.15, 0.2) is 0 Å². The van der Waals surface area contributed by atoms with Crippen LogP contribution in [0.15, 0.2) is 53.6 Å². The van der Waals surface area contributed by atoms with Gasteiger partial charge in [0.2, 0.25) is 5.82 Å². The van der Waals surface area contributed by atoms with Gasteiger partial charge in [-0.15, -0.1) is 10.2 Å². The third-order valence-electron chi connectivity index (χ3n) is 7.05. The molecule has 35 heavy (non-hydrogen) atoms. The quantitative estimate of drug-likeness (QED) is 0.340. The predicted octanol–water partition coefficient (Wildman–Crippen LogP) is 5.18. The standard InChI is InChI=1S/C27H33N7O/c1-2-3-5-12-22-19-34(21-10-6-4-7-11-21)27(35)33(22)18-20-15-16-25(28-17-20)23-13-8-9-14-24(23)26-29-31-32-30-26/h8-9,13-17,19,21H,2-7,10-12,18H2,1H3,(H,29,30,31,32). The number of benzene rings is 1. The van der Waals surface area contributed by atoms with E-state index in [0.29, 0.717) is 18.4 Å². The van der Waals surface area contributed by atoms with Gasteiger partial charge >= 0.3 is 5.69 Å². The number of aromatic amines is 1. The lowest BCUT2D eigenvalue weighted by Gasteiger charge is -2.22. The van der Waals surface area contributed by atoms with E-state index < -0.39 is 0 Å². The van der Waals surface area contributed by atoms with Crippen LogP contribution in [0, 0.1) is 0 Å². The number of unbranched alkanes of at least 4 members (excludes halogenated alkanes) is 2. The van der Waals surface area contributed by atoms with E-state index in [0.717, 1.165) is 53.8 Å². The van der Waals surface area contributed by atoms with Crippen molar-refractivity contribution in [3.8, 4) is 22.6 Å². The lowest BCUT2D eigenvalue weighted by Crippen LogP contribution is -2.29. The Kier molecular flexibility index (Phi) is 7.16. The first-order valence-electron chi connectivity index (χ1n) is 12.8. The van der Waals surface area contributed by atoms with E-state index in [9.17, 15) is 4.79 Å². The highest BCUT2D eigenvalue weighted by Gasteiger charge is 2.21. The zero-order valence-electron chi connectivity index (χ0n) is 20.4. The third kappa shape index (κ3) is 5.11. The van der Waals surface area contributed by atoms with Gasteiger partial charge in [-0.05, 0) is 42.5 Å². The molecule has 8 heteroatoms. The number of aromatic nitrogens is 7. The largest absolute Gasteiger partial charge is 0.328 e. The van der Waals surface area contributed by atoms with Crippen molar-refractivity contribution in [3.63, 3.8) is 0 Å². The number of nitrogens with one attached hydrogen (secondary N) is 1. The van der Waals surface area contributed by atoms with E-state index in [1.165, 1.54) is 32.1 Å². The van der Waals surface area contributed by atoms with E-state index >= 15 is 0 Å². The van der Waals surface area contributed by atoms with Gasteiger partial charge in [0.05, 0.1) is 12.2 Å². The second kappa shape index (κ2) is 10.8. The smallest absolute Gasteiger partial charge is 0.296 e. The SMILES string of the molecule is CCCCCc1cn(C2CCCCC2)c(=O)n1Cc1ccc(-c2ccccc2-c2nn[nH]n2)nc1. The number of imidazole rings is 1. The number of rotatable bonds is 9. The Balaban J connectivity index is 1.41. The van der Waals surface area contributed by atoms with E-state index in [4.69, 9.17) is 4.98 Å². The lowest BCUT2D eigenvalue weighted by molar-refractivity contribution is 0.344. The summed E-state index contributed by atoms with van der Waals surface area (Å²) in [6, 6.07) is 12.3. The first-order chi connectivity index (χ1) is 17.2. The van der Waals surface area contributed by atoms with Crippen LogP contribution in [0.2, 0.25) is 0 Å². The van der Waals surface area contributed by atoms with E-state index in [2.05, 4.69) is 39.8 Å². The molecule has 1 fully saturated rings. The summed E-state index contributed by atoms with van der Waals surface area (Å²) in [5, 5.41) is 14.4. The van der Waals surface area contributed by atoms with E-state index in [-0.39, 0.29) is 5.69 Å². The van der Waals surface area contributed by atoms with Crippen LogP contribution in [0.3, 0.4) is 0 Å². The molecule has 1 aliphatic rings. The molecule has 1 N–H and O–H groups in total. The molecule has 4 aromatic rings. The molecule has 1 aliphatic carbocycles. The zero-order chi connectivity index (χ0) is 24.0. The van der Waals surface area contributed by atoms with Crippen LogP contribution in [0.4, 0.5) is 0 Å². The van der Waals surface area contributed by atoms with Crippen LogP contribution in [0.1, 0.15) is 75.6 Å². The van der Waals surface area contributed by atoms with Gasteiger partial charge in [-0.2, -0.15) is 5.21 Å². The van der Waals surface area contributed by atoms with Crippen molar-refractivity contribution in [3.05, 3.63) is 70.5 Å². The summed E-state index contributed by atoms with van der Waals surface area (Å²) < 4.78 is 3.98. The van der Waals surface area contributed by atoms with Gasteiger partial charge in [0, 0.05) is 35.3 Å². The molecule has 0 bridgehead atoms. The van der Waals surface area contributed by atoms with Crippen LogP contribution >= 0.6 is 0 Å². The summed E-state index contributed by atoms with van der Waals surface area (Å²) in [5.74, 6) is 0.541. The Hall–Kier alpha value is -3.55. The van der Waals surface area contributed by atoms with Crippen LogP contribution in [0.5, 0.6) is 0 Å². The molecule has 5 rings (SSSR count). The molecular formula is C27H33N7O. The molecule has 182 valence electrons. The number of hydrogen-bond donors (Lipinski definition) is 1. The third-order valence-corrected chi connectivity index (χ3v) is 7.05. The molecule has 0 amide bonds. The van der Waals surface area contributed by atoms with Crippen molar-refractivity contribution < 1.29 is 0 Å². The van der Waals surface area contributed by atoms with E-state index in [1.807, 2.05) is 45.7 Å². The van der Waals surface area contributed by atoms with Crippen molar-refractivity contribution in [2.24, 2.45) is 0 Å². The Morgan fingerprint density at radius 3 is 2.57 bits per heavy atom. The molecule has 0 aliphatic heterocycles. The normalized spacial score (nSPS) is 14.4. The maximum absolute atomic E-state index is 13.5. The average molecular weight is 472 g/mol. The predicted molar refractivity (Wildman–Crippen MR) is 136 cm³/mol. The van der Waals surface area contributed by atoms with Crippen molar-refractivity contribution in [2.75, 3.05) is 0 Å². The number of tetrazole rings is 1. The van der Waals surface area contributed by atoms with Gasteiger partial charge in [0.25, 0.3) is 0 Å². The number of H-pyrrole nitrogens is 1. The molecular weight excluding hydrogens is 438 g/mol. The Morgan fingerprint density at radius 2 is 1.86 bits per heavy atom. The molecule has 0 saturated heterocycles. The van der Waals surface area contributed by atoms with Crippen LogP contribution < -0.4 is 5.69 Å². The summed E-state index contributed by atoms with van der Waals surface area (Å²) >= 11 is 0. The number of nitrogens with zero attached hydrogens (tertiary/aromatic N) is 6. The highest BCUT2D eigenvalue weighted by molar-refractivity contribution is 5.78. The summed E-state index contributed by atoms with van der Waals surface area (Å²) in [7, 11) is 0. The van der Waals surface area contributed by atoms with Crippen molar-refractivity contribution in [1.82, 2.24) is 34.7 Å². The van der Waals surface area contributed by atoms with Crippen molar-refractivity contribution in [1.29, 1.82) is 0 Å². The van der Waals surface area contributed by atoms with Gasteiger partial charge in [-0.3, -0.25) is 14.1 Å². The highest BCUT2D eigenvalue weighted by atomic mass is 16.1. The maximum Gasteiger partial charge on any atom is 0.328 e. The number of pyridine rings is 1. The summed E-state index contributed by atoms with van der Waals surface area (Å²) in [4.78, 5) is 18.2. The summed E-state index contributed by atoms with van der Waals surface area (Å²) in [5.41, 5.74) is 4.94. The van der Waals surface area contributed by atoms with E-state index in [1.54, 1.807) is 0 Å². The van der Waals surface area contributed by atoms with Crippen LogP contribution in [-0.4, -0.2) is 34.7 Å². The zero-order valence-corrected chi connectivity index (χ0v) is 20.4. The molecule has 0 radical (unpaired) electrons. The summed E-state index contributed by atoms with van der Waals surface area (Å²) in [6.07, 6.45) is 14.3. The maximum atomic E-state index is 13.5. The van der Waals surface area contributed by atoms with Gasteiger partial charge in [-0.25, -0.2) is 4.79 Å². The van der Waals surface area contributed by atoms with Crippen LogP contribution in [0.25, 0.3) is 22.6 Å².